The molecule has 1 amide bonds. The van der Waals surface area contributed by atoms with Crippen molar-refractivity contribution in [2.75, 3.05) is 20.7 Å². The van der Waals surface area contributed by atoms with Crippen molar-refractivity contribution in [2.45, 2.75) is 13.5 Å². The van der Waals surface area contributed by atoms with Crippen molar-refractivity contribution >= 4 is 29.3 Å². The predicted molar refractivity (Wildman–Crippen MR) is 109 cm³/mol. The molecule has 0 saturated carbocycles. The number of ether oxygens (including phenoxy) is 2. The van der Waals surface area contributed by atoms with Crippen LogP contribution in [0.2, 0.25) is 0 Å². The maximum Gasteiger partial charge on any atom is 0.276 e. The Morgan fingerprint density at radius 3 is 2.46 bits per heavy atom. The van der Waals surface area contributed by atoms with E-state index in [1.54, 1.807) is 54.3 Å². The second-order valence-corrected chi connectivity index (χ2v) is 6.61. The van der Waals surface area contributed by atoms with Gasteiger partial charge in [-0.2, -0.15) is 0 Å². The van der Waals surface area contributed by atoms with E-state index in [9.17, 15) is 9.18 Å². The van der Waals surface area contributed by atoms with Crippen LogP contribution in [0, 0.1) is 5.82 Å². The third kappa shape index (κ3) is 3.99. The number of methoxy groups -OCH3 is 1. The number of benzene rings is 2. The zero-order valence-corrected chi connectivity index (χ0v) is 16.8. The van der Waals surface area contributed by atoms with Crippen LogP contribution < -0.4 is 9.47 Å². The minimum absolute atomic E-state index is 0.120. The lowest BCUT2D eigenvalue weighted by Gasteiger charge is -2.14. The first kappa shape index (κ1) is 19.8. The van der Waals surface area contributed by atoms with Gasteiger partial charge in [0.1, 0.15) is 18.1 Å². The summed E-state index contributed by atoms with van der Waals surface area (Å²) >= 11 is 5.31. The van der Waals surface area contributed by atoms with Crippen LogP contribution in [0.1, 0.15) is 18.1 Å². The smallest absolute Gasteiger partial charge is 0.276 e. The Morgan fingerprint density at radius 1 is 1.14 bits per heavy atom. The van der Waals surface area contributed by atoms with E-state index in [-0.39, 0.29) is 18.3 Å². The molecule has 0 radical (unpaired) electrons. The third-order valence-corrected chi connectivity index (χ3v) is 4.95. The molecule has 0 aromatic heterocycles. The second-order valence-electron chi connectivity index (χ2n) is 6.25. The molecule has 1 aliphatic heterocycles. The summed E-state index contributed by atoms with van der Waals surface area (Å²) in [7, 11) is 3.33. The van der Waals surface area contributed by atoms with E-state index in [0.717, 1.165) is 11.1 Å². The number of rotatable bonds is 6. The van der Waals surface area contributed by atoms with Crippen LogP contribution in [0.4, 0.5) is 4.39 Å². The van der Waals surface area contributed by atoms with Gasteiger partial charge in [-0.15, -0.1) is 0 Å². The zero-order chi connectivity index (χ0) is 20.3. The summed E-state index contributed by atoms with van der Waals surface area (Å²) in [4.78, 5) is 15.8. The summed E-state index contributed by atoms with van der Waals surface area (Å²) in [5.41, 5.74) is 2.15. The molecule has 1 heterocycles. The topological polar surface area (TPSA) is 42.0 Å². The van der Waals surface area contributed by atoms with Gasteiger partial charge in [0.05, 0.1) is 7.11 Å². The number of amides is 1. The lowest BCUT2D eigenvalue weighted by atomic mass is 10.1. The first-order chi connectivity index (χ1) is 13.4. The maximum atomic E-state index is 13.0. The molecule has 0 bridgehead atoms. The molecular weight excluding hydrogens is 379 g/mol. The Bertz CT molecular complexity index is 928. The lowest BCUT2D eigenvalue weighted by Crippen LogP contribution is -2.30. The van der Waals surface area contributed by atoms with Crippen molar-refractivity contribution < 1.29 is 18.7 Å². The van der Waals surface area contributed by atoms with Crippen molar-refractivity contribution in [3.63, 3.8) is 0 Å². The number of carbonyl (C=O) groups excluding carboxylic acids is 1. The molecular formula is C21H21FN2O3S. The van der Waals surface area contributed by atoms with E-state index in [0.29, 0.717) is 28.9 Å². The van der Waals surface area contributed by atoms with E-state index < -0.39 is 0 Å². The average molecular weight is 400 g/mol. The van der Waals surface area contributed by atoms with Crippen molar-refractivity contribution in [2.24, 2.45) is 0 Å². The van der Waals surface area contributed by atoms with E-state index in [2.05, 4.69) is 0 Å². The molecule has 0 unspecified atom stereocenters. The molecule has 0 N–H and O–H groups in total. The molecule has 2 aromatic rings. The Labute approximate surface area is 169 Å². The van der Waals surface area contributed by atoms with Crippen molar-refractivity contribution in [3.05, 3.63) is 65.1 Å². The van der Waals surface area contributed by atoms with Gasteiger partial charge in [0.25, 0.3) is 5.91 Å². The quantitative estimate of drug-likeness (QED) is 0.545. The number of nitrogens with zero attached hydrogens (tertiary/aromatic N) is 2. The van der Waals surface area contributed by atoms with Crippen LogP contribution in [-0.2, 0) is 11.4 Å². The monoisotopic (exact) mass is 400 g/mol. The molecule has 0 spiro atoms. The van der Waals surface area contributed by atoms with Gasteiger partial charge in [0, 0.05) is 13.6 Å². The van der Waals surface area contributed by atoms with Crippen molar-refractivity contribution in [1.29, 1.82) is 0 Å². The van der Waals surface area contributed by atoms with Gasteiger partial charge < -0.3 is 14.4 Å². The lowest BCUT2D eigenvalue weighted by molar-refractivity contribution is -0.122. The highest BCUT2D eigenvalue weighted by Crippen LogP contribution is 2.31. The molecule has 2 aromatic carbocycles. The summed E-state index contributed by atoms with van der Waals surface area (Å²) in [6.45, 7) is 2.70. The standard InChI is InChI=1S/C21H21FN2O3S/c1-4-24-20(25)17(23(2)21(24)28)11-15-7-10-18(19(12-15)26-3)27-13-14-5-8-16(22)9-6-14/h5-12H,4,13H2,1-3H3. The molecule has 0 atom stereocenters. The van der Waals surface area contributed by atoms with Gasteiger partial charge in [-0.05, 0) is 60.6 Å². The van der Waals surface area contributed by atoms with Crippen LogP contribution in [0.15, 0.2) is 48.2 Å². The average Bonchev–Trinajstić information content (AvgIpc) is 2.90. The molecule has 1 fully saturated rings. The van der Waals surface area contributed by atoms with Gasteiger partial charge in [-0.3, -0.25) is 9.69 Å². The molecule has 28 heavy (non-hydrogen) atoms. The van der Waals surface area contributed by atoms with Gasteiger partial charge >= 0.3 is 0 Å². The largest absolute Gasteiger partial charge is 0.493 e. The number of hydrogen-bond donors (Lipinski definition) is 0. The minimum atomic E-state index is -0.286. The summed E-state index contributed by atoms with van der Waals surface area (Å²) in [5.74, 6) is 0.696. The molecule has 5 nitrogen and oxygen atoms in total. The highest BCUT2D eigenvalue weighted by molar-refractivity contribution is 7.80. The molecule has 1 saturated heterocycles. The fourth-order valence-electron chi connectivity index (χ4n) is 2.88. The highest BCUT2D eigenvalue weighted by atomic mass is 32.1. The highest BCUT2D eigenvalue weighted by Gasteiger charge is 2.34. The SMILES string of the molecule is CCN1C(=O)C(=Cc2ccc(OCc3ccc(F)cc3)c(OC)c2)N(C)C1=S. The summed E-state index contributed by atoms with van der Waals surface area (Å²) in [6, 6.07) is 11.5. The van der Waals surface area contributed by atoms with Crippen LogP contribution in [0.25, 0.3) is 6.08 Å². The summed E-state index contributed by atoms with van der Waals surface area (Å²) in [5, 5.41) is 0.491. The van der Waals surface area contributed by atoms with Crippen molar-refractivity contribution in [1.82, 2.24) is 9.80 Å². The molecule has 7 heteroatoms. The van der Waals surface area contributed by atoms with Gasteiger partial charge in [-0.1, -0.05) is 18.2 Å². The van der Waals surface area contributed by atoms with Crippen LogP contribution >= 0.6 is 12.2 Å². The van der Waals surface area contributed by atoms with Crippen LogP contribution in [0.3, 0.4) is 0 Å². The number of halogens is 1. The number of thiocarbonyl (C=S) groups is 1. The fraction of sp³-hybridized carbons (Fsp3) is 0.238. The first-order valence-electron chi connectivity index (χ1n) is 8.81. The Hall–Kier alpha value is -2.93. The Morgan fingerprint density at radius 2 is 1.86 bits per heavy atom. The first-order valence-corrected chi connectivity index (χ1v) is 9.22. The molecule has 1 aliphatic rings. The maximum absolute atomic E-state index is 13.0. The van der Waals surface area contributed by atoms with Gasteiger partial charge in [-0.25, -0.2) is 4.39 Å². The molecule has 146 valence electrons. The minimum Gasteiger partial charge on any atom is -0.493 e. The van der Waals surface area contributed by atoms with Gasteiger partial charge in [0.15, 0.2) is 16.6 Å². The third-order valence-electron chi connectivity index (χ3n) is 4.46. The normalized spacial score (nSPS) is 15.5. The van der Waals surface area contributed by atoms with Crippen LogP contribution in [-0.4, -0.2) is 41.5 Å². The summed E-state index contributed by atoms with van der Waals surface area (Å²) in [6.07, 6.45) is 1.77. The predicted octanol–water partition coefficient (Wildman–Crippen LogP) is 3.83. The number of likely N-dealkylation sites (N-methyl/N-ethyl adjacent to an activating group) is 2. The Balaban J connectivity index is 1.80. The molecule has 0 aliphatic carbocycles. The number of carbonyl (C=O) groups is 1. The zero-order valence-electron chi connectivity index (χ0n) is 15.9. The second kappa shape index (κ2) is 8.39. The Kier molecular flexibility index (Phi) is 5.94. The van der Waals surface area contributed by atoms with E-state index in [4.69, 9.17) is 21.7 Å². The number of hydrogen-bond acceptors (Lipinski definition) is 4. The van der Waals surface area contributed by atoms with E-state index in [1.165, 1.54) is 12.1 Å². The molecule has 3 rings (SSSR count). The van der Waals surface area contributed by atoms with Crippen molar-refractivity contribution in [3.8, 4) is 11.5 Å². The van der Waals surface area contributed by atoms with Gasteiger partial charge in [0.2, 0.25) is 0 Å². The fourth-order valence-corrected chi connectivity index (χ4v) is 3.19. The van der Waals surface area contributed by atoms with Crippen LogP contribution in [0.5, 0.6) is 11.5 Å². The van der Waals surface area contributed by atoms with E-state index in [1.807, 2.05) is 13.0 Å². The van der Waals surface area contributed by atoms with E-state index >= 15 is 0 Å². The summed E-state index contributed by atoms with van der Waals surface area (Å²) < 4.78 is 24.2.